The van der Waals surface area contributed by atoms with Gasteiger partial charge in [0.15, 0.2) is 0 Å². The third kappa shape index (κ3) is 19.4. The van der Waals surface area contributed by atoms with Crippen LogP contribution >= 0.6 is 11.8 Å². The number of H-pyrrole nitrogens is 1. The highest BCUT2D eigenvalue weighted by molar-refractivity contribution is 8.00. The van der Waals surface area contributed by atoms with Crippen LogP contribution in [0.2, 0.25) is 0 Å². The minimum absolute atomic E-state index is 0.0626. The molecule has 0 aliphatic carbocycles. The maximum Gasteiger partial charge on any atom is 0.408 e. The standard InChI is InChI=1S/C44H70N4O7S/c1-9-10-11-12-13-14-15-16-17-18-19-20-21-26-38(49)39(27-31(2)3)56-30-37(48-43(53)55-44(5,6)7)41(51)46-32(4)40(50)47-36(42(52)54-8)28-33-29-45-35-25-23-22-24-34(33)35/h22-25,29,32,36-37,39,45H,2,9-21,26-28,30H2,1,3-8H3,(H,46,51)(H,47,50)(H,48,53)/t32-,36-,37-,39?/m0/s1. The number of carbonyl (C=O) groups is 5. The molecule has 3 amide bonds. The van der Waals surface area contributed by atoms with E-state index in [4.69, 9.17) is 9.47 Å². The number of amides is 3. The van der Waals surface area contributed by atoms with Crippen molar-refractivity contribution < 1.29 is 33.4 Å². The third-order valence-corrected chi connectivity index (χ3v) is 10.9. The van der Waals surface area contributed by atoms with Crippen molar-refractivity contribution in [2.75, 3.05) is 12.9 Å². The molecule has 0 spiro atoms. The molecule has 12 heteroatoms. The van der Waals surface area contributed by atoms with Gasteiger partial charge in [0.1, 0.15) is 29.5 Å². The minimum atomic E-state index is -1.12. The summed E-state index contributed by atoms with van der Waals surface area (Å²) in [6, 6.07) is 4.42. The lowest BCUT2D eigenvalue weighted by Crippen LogP contribution is -2.56. The Morgan fingerprint density at radius 1 is 0.821 bits per heavy atom. The molecule has 1 aromatic carbocycles. The Bertz CT molecular complexity index is 1530. The van der Waals surface area contributed by atoms with Gasteiger partial charge in [-0.3, -0.25) is 14.4 Å². The molecule has 0 radical (unpaired) electrons. The van der Waals surface area contributed by atoms with E-state index in [0.29, 0.717) is 12.8 Å². The summed E-state index contributed by atoms with van der Waals surface area (Å²) >= 11 is 1.29. The zero-order chi connectivity index (χ0) is 41.5. The Labute approximate surface area is 340 Å². The van der Waals surface area contributed by atoms with Crippen molar-refractivity contribution in [3.8, 4) is 0 Å². The smallest absolute Gasteiger partial charge is 0.408 e. The van der Waals surface area contributed by atoms with Gasteiger partial charge in [0.05, 0.1) is 12.4 Å². The summed E-state index contributed by atoms with van der Waals surface area (Å²) < 4.78 is 10.4. The van der Waals surface area contributed by atoms with Crippen LogP contribution in [0.15, 0.2) is 42.6 Å². The van der Waals surface area contributed by atoms with E-state index in [0.717, 1.165) is 41.3 Å². The molecule has 56 heavy (non-hydrogen) atoms. The van der Waals surface area contributed by atoms with Gasteiger partial charge >= 0.3 is 12.1 Å². The number of para-hydroxylation sites is 1. The van der Waals surface area contributed by atoms with Gasteiger partial charge in [0, 0.05) is 35.7 Å². The van der Waals surface area contributed by atoms with Crippen molar-refractivity contribution >= 4 is 52.3 Å². The Morgan fingerprint density at radius 3 is 1.98 bits per heavy atom. The molecule has 4 atom stereocenters. The Balaban J connectivity index is 1.98. The van der Waals surface area contributed by atoms with E-state index in [9.17, 15) is 24.0 Å². The fourth-order valence-corrected chi connectivity index (χ4v) is 7.80. The van der Waals surface area contributed by atoms with E-state index in [1.165, 1.54) is 90.0 Å². The summed E-state index contributed by atoms with van der Waals surface area (Å²) in [7, 11) is 1.25. The van der Waals surface area contributed by atoms with Crippen LogP contribution in [0.25, 0.3) is 10.9 Å². The van der Waals surface area contributed by atoms with Crippen molar-refractivity contribution in [1.29, 1.82) is 0 Å². The molecule has 0 saturated carbocycles. The maximum absolute atomic E-state index is 13.7. The number of unbranched alkanes of at least 4 members (excludes halogenated alkanes) is 12. The molecular weight excluding hydrogens is 729 g/mol. The van der Waals surface area contributed by atoms with Crippen molar-refractivity contribution in [3.63, 3.8) is 0 Å². The summed E-state index contributed by atoms with van der Waals surface area (Å²) in [5, 5.41) is 8.50. The summed E-state index contributed by atoms with van der Waals surface area (Å²) in [5.74, 6) is -1.71. The number of nitrogens with one attached hydrogen (secondary N) is 4. The summed E-state index contributed by atoms with van der Waals surface area (Å²) in [5.41, 5.74) is 1.75. The number of ether oxygens (including phenoxy) is 2. The Kier molecular flexibility index (Phi) is 22.6. The van der Waals surface area contributed by atoms with Crippen molar-refractivity contribution in [1.82, 2.24) is 20.9 Å². The number of thioether (sulfide) groups is 1. The molecule has 1 heterocycles. The lowest BCUT2D eigenvalue weighted by atomic mass is 10.0. The van der Waals surface area contributed by atoms with Gasteiger partial charge in [0.25, 0.3) is 0 Å². The number of esters is 1. The summed E-state index contributed by atoms with van der Waals surface area (Å²) in [6.07, 6.45) is 18.0. The van der Waals surface area contributed by atoms with Crippen LogP contribution in [-0.4, -0.2) is 76.5 Å². The monoisotopic (exact) mass is 798 g/mol. The van der Waals surface area contributed by atoms with E-state index >= 15 is 0 Å². The first-order valence-electron chi connectivity index (χ1n) is 20.7. The second kappa shape index (κ2) is 26.2. The largest absolute Gasteiger partial charge is 0.467 e. The van der Waals surface area contributed by atoms with Gasteiger partial charge in [-0.25, -0.2) is 9.59 Å². The molecule has 2 aromatic rings. The van der Waals surface area contributed by atoms with Gasteiger partial charge in [-0.05, 0) is 59.1 Å². The van der Waals surface area contributed by atoms with Crippen LogP contribution < -0.4 is 16.0 Å². The normalized spacial score (nSPS) is 13.6. The number of methoxy groups -OCH3 is 1. The van der Waals surface area contributed by atoms with Crippen molar-refractivity contribution in [2.24, 2.45) is 0 Å². The van der Waals surface area contributed by atoms with Crippen LogP contribution in [-0.2, 0) is 35.1 Å². The highest BCUT2D eigenvalue weighted by atomic mass is 32.2. The average Bonchev–Trinajstić information content (AvgIpc) is 3.55. The van der Waals surface area contributed by atoms with Gasteiger partial charge in [-0.2, -0.15) is 0 Å². The van der Waals surface area contributed by atoms with Crippen LogP contribution in [0, 0.1) is 0 Å². The molecule has 11 nitrogen and oxygen atoms in total. The maximum atomic E-state index is 13.7. The molecule has 0 aliphatic heterocycles. The molecule has 4 N–H and O–H groups in total. The lowest BCUT2D eigenvalue weighted by molar-refractivity contribution is -0.145. The number of aromatic amines is 1. The highest BCUT2D eigenvalue weighted by Gasteiger charge is 2.31. The second-order valence-electron chi connectivity index (χ2n) is 16.0. The van der Waals surface area contributed by atoms with Crippen LogP contribution in [0.1, 0.15) is 143 Å². The zero-order valence-electron chi connectivity index (χ0n) is 35.2. The first kappa shape index (κ1) is 48.3. The number of fused-ring (bicyclic) bond motifs is 1. The molecule has 0 aliphatic rings. The Hall–Kier alpha value is -3.80. The molecule has 0 bridgehead atoms. The fourth-order valence-electron chi connectivity index (χ4n) is 6.44. The molecule has 314 valence electrons. The molecule has 0 saturated heterocycles. The number of Topliss-reactive ketones (excluding diaryl/α,β-unsaturated/α-hetero) is 1. The number of carbonyl (C=O) groups excluding carboxylic acids is 5. The Morgan fingerprint density at radius 2 is 1.41 bits per heavy atom. The first-order valence-corrected chi connectivity index (χ1v) is 21.7. The fraction of sp³-hybridized carbons (Fsp3) is 0.659. The van der Waals surface area contributed by atoms with Crippen LogP contribution in [0.4, 0.5) is 4.79 Å². The van der Waals surface area contributed by atoms with Gasteiger partial charge in [-0.15, -0.1) is 18.3 Å². The number of ketones is 1. The predicted octanol–water partition coefficient (Wildman–Crippen LogP) is 8.88. The number of benzene rings is 1. The number of allylic oxidation sites excluding steroid dienone is 1. The molecule has 1 aromatic heterocycles. The van der Waals surface area contributed by atoms with Crippen molar-refractivity contribution in [3.05, 3.63) is 48.2 Å². The first-order chi connectivity index (χ1) is 26.6. The van der Waals surface area contributed by atoms with Crippen LogP contribution in [0.3, 0.4) is 0 Å². The SMILES string of the molecule is C=C(C)CC(SC[C@H](NC(=O)OC(C)(C)C)C(=O)N[C@@H](C)C(=O)N[C@@H](Cc1c[nH]c2ccccc12)C(=O)OC)C(=O)CCCCCCCCCCCCCCC. The third-order valence-electron chi connectivity index (χ3n) is 9.54. The molecule has 0 fully saturated rings. The molecular formula is C44H70N4O7S. The number of rotatable bonds is 28. The predicted molar refractivity (Wildman–Crippen MR) is 228 cm³/mol. The number of hydrogen-bond donors (Lipinski definition) is 4. The number of hydrogen-bond acceptors (Lipinski definition) is 8. The van der Waals surface area contributed by atoms with E-state index < -0.39 is 52.9 Å². The zero-order valence-corrected chi connectivity index (χ0v) is 36.0. The van der Waals surface area contributed by atoms with E-state index in [1.807, 2.05) is 31.2 Å². The molecule has 2 rings (SSSR count). The van der Waals surface area contributed by atoms with Crippen LogP contribution in [0.5, 0.6) is 0 Å². The van der Waals surface area contributed by atoms with Gasteiger partial charge < -0.3 is 30.4 Å². The second-order valence-corrected chi connectivity index (χ2v) is 17.3. The summed E-state index contributed by atoms with van der Waals surface area (Å²) in [6.45, 7) is 14.8. The van der Waals surface area contributed by atoms with E-state index in [-0.39, 0.29) is 18.0 Å². The highest BCUT2D eigenvalue weighted by Crippen LogP contribution is 2.24. The number of alkyl carbamates (subject to hydrolysis) is 1. The van der Waals surface area contributed by atoms with E-state index in [2.05, 4.69) is 34.4 Å². The van der Waals surface area contributed by atoms with Gasteiger partial charge in [0.2, 0.25) is 11.8 Å². The van der Waals surface area contributed by atoms with Crippen molar-refractivity contribution in [2.45, 2.75) is 173 Å². The average molecular weight is 799 g/mol. The summed E-state index contributed by atoms with van der Waals surface area (Å²) in [4.78, 5) is 69.2. The quantitative estimate of drug-likeness (QED) is 0.0378. The van der Waals surface area contributed by atoms with E-state index in [1.54, 1.807) is 27.0 Å². The minimum Gasteiger partial charge on any atom is -0.467 e. The molecule has 1 unspecified atom stereocenters. The lowest BCUT2D eigenvalue weighted by Gasteiger charge is -2.26. The number of aromatic nitrogens is 1. The van der Waals surface area contributed by atoms with Gasteiger partial charge in [-0.1, -0.05) is 108 Å². The topological polar surface area (TPSA) is 156 Å².